The molecule has 9 heavy (non-hydrogen) atoms. The zero-order valence-electron chi connectivity index (χ0n) is 5.22. The first-order valence-corrected chi connectivity index (χ1v) is 3.84. The van der Waals surface area contributed by atoms with Crippen LogP contribution in [0.5, 0.6) is 0 Å². The minimum Gasteiger partial charge on any atom is -0.249 e. The highest BCUT2D eigenvalue weighted by atomic mass is 32.1. The number of fused-ring (bicyclic) bond motifs is 1. The van der Waals surface area contributed by atoms with Gasteiger partial charge in [0.25, 0.3) is 0 Å². The van der Waals surface area contributed by atoms with Gasteiger partial charge in [0.1, 0.15) is 0 Å². The molecule has 0 aromatic carbocycles. The highest BCUT2D eigenvalue weighted by Gasteiger charge is 2.10. The Morgan fingerprint density at radius 2 is 2.56 bits per heavy atom. The van der Waals surface area contributed by atoms with Crippen LogP contribution < -0.4 is 0 Å². The lowest BCUT2D eigenvalue weighted by Crippen LogP contribution is -1.78. The van der Waals surface area contributed by atoms with Crippen molar-refractivity contribution in [1.82, 2.24) is 4.98 Å². The van der Waals surface area contributed by atoms with Gasteiger partial charge in [-0.05, 0) is 13.0 Å². The van der Waals surface area contributed by atoms with E-state index in [1.54, 1.807) is 11.3 Å². The summed E-state index contributed by atoms with van der Waals surface area (Å²) in [7, 11) is 0. The van der Waals surface area contributed by atoms with Gasteiger partial charge in [-0.1, -0.05) is 5.57 Å². The lowest BCUT2D eigenvalue weighted by molar-refractivity contribution is 1.11. The molecule has 0 aliphatic heterocycles. The molecule has 0 bridgehead atoms. The van der Waals surface area contributed by atoms with Crippen molar-refractivity contribution >= 4 is 17.4 Å². The molecule has 1 nitrogen and oxygen atoms in total. The van der Waals surface area contributed by atoms with Crippen LogP contribution in [0.25, 0.3) is 6.08 Å². The minimum atomic E-state index is 1.07. The van der Waals surface area contributed by atoms with Crippen molar-refractivity contribution in [2.75, 3.05) is 0 Å². The Labute approximate surface area is 58.1 Å². The summed E-state index contributed by atoms with van der Waals surface area (Å²) < 4.78 is 0. The summed E-state index contributed by atoms with van der Waals surface area (Å²) in [6.45, 7) is 2.15. The van der Waals surface area contributed by atoms with Crippen LogP contribution in [0.3, 0.4) is 0 Å². The van der Waals surface area contributed by atoms with E-state index >= 15 is 0 Å². The maximum atomic E-state index is 4.21. The Morgan fingerprint density at radius 3 is 3.33 bits per heavy atom. The molecule has 0 amide bonds. The second-order valence-corrected chi connectivity index (χ2v) is 3.22. The summed E-state index contributed by atoms with van der Waals surface area (Å²) in [5, 5.41) is 0. The zero-order chi connectivity index (χ0) is 6.27. The lowest BCUT2D eigenvalue weighted by Gasteiger charge is -1.84. The van der Waals surface area contributed by atoms with Crippen molar-refractivity contribution in [3.8, 4) is 0 Å². The number of thiazole rings is 1. The van der Waals surface area contributed by atoms with E-state index < -0.39 is 0 Å². The summed E-state index contributed by atoms with van der Waals surface area (Å²) in [4.78, 5) is 5.57. The Balaban J connectivity index is 2.55. The molecule has 1 aliphatic carbocycles. The van der Waals surface area contributed by atoms with Crippen molar-refractivity contribution in [1.29, 1.82) is 0 Å². The number of aromatic nitrogens is 1. The third kappa shape index (κ3) is 0.704. The first-order chi connectivity index (χ1) is 4.36. The molecule has 0 saturated heterocycles. The molecule has 1 aromatic heterocycles. The van der Waals surface area contributed by atoms with E-state index in [9.17, 15) is 0 Å². The van der Waals surface area contributed by atoms with E-state index in [1.807, 2.05) is 5.51 Å². The molecular weight excluding hydrogens is 130 g/mol. The quantitative estimate of drug-likeness (QED) is 0.533. The Morgan fingerprint density at radius 1 is 1.67 bits per heavy atom. The first kappa shape index (κ1) is 5.18. The number of nitrogens with zero attached hydrogens (tertiary/aromatic N) is 1. The fraction of sp³-hybridized carbons (Fsp3) is 0.286. The maximum Gasteiger partial charge on any atom is 0.0801 e. The van der Waals surface area contributed by atoms with Crippen LogP contribution in [0.2, 0.25) is 0 Å². The molecule has 0 unspecified atom stereocenters. The van der Waals surface area contributed by atoms with Crippen LogP contribution in [0, 0.1) is 0 Å². The van der Waals surface area contributed by atoms with E-state index in [-0.39, 0.29) is 0 Å². The highest BCUT2D eigenvalue weighted by Crippen LogP contribution is 2.26. The van der Waals surface area contributed by atoms with Gasteiger partial charge in [0.15, 0.2) is 0 Å². The molecule has 46 valence electrons. The van der Waals surface area contributed by atoms with Crippen molar-refractivity contribution < 1.29 is 0 Å². The summed E-state index contributed by atoms with van der Waals surface area (Å²) in [5.74, 6) is 0. The summed E-state index contributed by atoms with van der Waals surface area (Å²) in [6, 6.07) is 0. The predicted octanol–water partition coefficient (Wildman–Crippen LogP) is 2.10. The molecule has 0 N–H and O–H groups in total. The average molecular weight is 137 g/mol. The van der Waals surface area contributed by atoms with Crippen LogP contribution in [-0.4, -0.2) is 4.98 Å². The number of hydrogen-bond acceptors (Lipinski definition) is 2. The fourth-order valence-corrected chi connectivity index (χ4v) is 1.89. The predicted molar refractivity (Wildman–Crippen MR) is 39.5 cm³/mol. The van der Waals surface area contributed by atoms with Crippen molar-refractivity contribution in [2.45, 2.75) is 13.3 Å². The third-order valence-electron chi connectivity index (χ3n) is 1.50. The van der Waals surface area contributed by atoms with E-state index in [1.165, 1.54) is 16.1 Å². The Bertz CT molecular complexity index is 260. The molecule has 2 heteroatoms. The summed E-state index contributed by atoms with van der Waals surface area (Å²) in [6.07, 6.45) is 3.28. The van der Waals surface area contributed by atoms with Crippen LogP contribution in [-0.2, 0) is 6.42 Å². The fourth-order valence-electron chi connectivity index (χ4n) is 1.07. The van der Waals surface area contributed by atoms with Crippen molar-refractivity contribution in [3.63, 3.8) is 0 Å². The second kappa shape index (κ2) is 1.67. The molecular formula is C7H7NS. The molecule has 1 aromatic rings. The SMILES string of the molecule is CC1=Cc2scnc2C1. The molecule has 0 fully saturated rings. The van der Waals surface area contributed by atoms with Gasteiger partial charge in [0.05, 0.1) is 16.1 Å². The van der Waals surface area contributed by atoms with Crippen LogP contribution in [0.1, 0.15) is 17.5 Å². The van der Waals surface area contributed by atoms with Gasteiger partial charge < -0.3 is 0 Å². The van der Waals surface area contributed by atoms with Crippen molar-refractivity contribution in [2.24, 2.45) is 0 Å². The van der Waals surface area contributed by atoms with Gasteiger partial charge in [-0.25, -0.2) is 4.98 Å². The van der Waals surface area contributed by atoms with Gasteiger partial charge in [-0.15, -0.1) is 11.3 Å². The second-order valence-electron chi connectivity index (χ2n) is 2.33. The van der Waals surface area contributed by atoms with Crippen LogP contribution in [0.15, 0.2) is 11.1 Å². The Hall–Kier alpha value is -0.630. The molecule has 0 saturated carbocycles. The van der Waals surface area contributed by atoms with Gasteiger partial charge in [-0.3, -0.25) is 0 Å². The third-order valence-corrected chi connectivity index (χ3v) is 2.31. The number of rotatable bonds is 0. The average Bonchev–Trinajstić information content (AvgIpc) is 2.22. The van der Waals surface area contributed by atoms with E-state index in [4.69, 9.17) is 0 Å². The van der Waals surface area contributed by atoms with E-state index in [0.717, 1.165) is 6.42 Å². The molecule has 0 radical (unpaired) electrons. The van der Waals surface area contributed by atoms with Gasteiger partial charge in [-0.2, -0.15) is 0 Å². The van der Waals surface area contributed by atoms with Gasteiger partial charge in [0.2, 0.25) is 0 Å². The Kier molecular flexibility index (Phi) is 0.963. The highest BCUT2D eigenvalue weighted by molar-refractivity contribution is 7.10. The zero-order valence-corrected chi connectivity index (χ0v) is 6.03. The lowest BCUT2D eigenvalue weighted by atomic mass is 10.3. The van der Waals surface area contributed by atoms with Crippen LogP contribution in [0.4, 0.5) is 0 Å². The van der Waals surface area contributed by atoms with Gasteiger partial charge >= 0.3 is 0 Å². The molecule has 0 spiro atoms. The van der Waals surface area contributed by atoms with E-state index in [0.29, 0.717) is 0 Å². The van der Waals surface area contributed by atoms with Crippen molar-refractivity contribution in [3.05, 3.63) is 21.7 Å². The monoisotopic (exact) mass is 137 g/mol. The van der Waals surface area contributed by atoms with Gasteiger partial charge in [0, 0.05) is 6.42 Å². The summed E-state index contributed by atoms with van der Waals surface area (Å²) >= 11 is 1.73. The number of hydrogen-bond donors (Lipinski definition) is 0. The maximum absolute atomic E-state index is 4.21. The molecule has 0 atom stereocenters. The first-order valence-electron chi connectivity index (χ1n) is 2.96. The summed E-state index contributed by atoms with van der Waals surface area (Å²) in [5.41, 5.74) is 4.61. The van der Waals surface area contributed by atoms with E-state index in [2.05, 4.69) is 18.0 Å². The molecule has 2 rings (SSSR count). The largest absolute Gasteiger partial charge is 0.249 e. The normalized spacial score (nSPS) is 15.4. The topological polar surface area (TPSA) is 12.9 Å². The number of allylic oxidation sites excluding steroid dienone is 1. The van der Waals surface area contributed by atoms with Crippen LogP contribution >= 0.6 is 11.3 Å². The molecule has 1 aliphatic rings. The minimum absolute atomic E-state index is 1.07. The molecule has 1 heterocycles. The smallest absolute Gasteiger partial charge is 0.0801 e. The standard InChI is InChI=1S/C7H7NS/c1-5-2-6-7(3-5)9-4-8-6/h3-4H,2H2,1H3.